The molecule has 0 bridgehead atoms. The third-order valence-corrected chi connectivity index (χ3v) is 3.75. The van der Waals surface area contributed by atoms with Crippen molar-refractivity contribution in [1.29, 1.82) is 0 Å². The Labute approximate surface area is 105 Å². The van der Waals surface area contributed by atoms with Gasteiger partial charge in [-0.05, 0) is 17.7 Å². The third-order valence-electron chi connectivity index (χ3n) is 2.78. The molecule has 0 aliphatic carbocycles. The Bertz CT molecular complexity index is 830. The predicted octanol–water partition coefficient (Wildman–Crippen LogP) is 1.35. The molecule has 0 saturated heterocycles. The van der Waals surface area contributed by atoms with Crippen LogP contribution in [0.15, 0.2) is 39.5 Å². The summed E-state index contributed by atoms with van der Waals surface area (Å²) in [6, 6.07) is 3.64. The summed E-state index contributed by atoms with van der Waals surface area (Å²) in [4.78, 5) is 27.8. The molecule has 0 amide bonds. The summed E-state index contributed by atoms with van der Waals surface area (Å²) in [5.41, 5.74) is 1.22. The van der Waals surface area contributed by atoms with E-state index in [4.69, 9.17) is 0 Å². The number of nitrogens with one attached hydrogen (secondary N) is 1. The molecule has 0 aliphatic rings. The summed E-state index contributed by atoms with van der Waals surface area (Å²) in [5.74, 6) is 0. The molecule has 0 fully saturated rings. The van der Waals surface area contributed by atoms with Gasteiger partial charge in [0, 0.05) is 30.4 Å². The maximum atomic E-state index is 12.0. The van der Waals surface area contributed by atoms with E-state index in [1.165, 1.54) is 23.1 Å². The molecule has 0 radical (unpaired) electrons. The molecule has 3 aromatic heterocycles. The minimum Gasteiger partial charge on any atom is -0.267 e. The zero-order valence-corrected chi connectivity index (χ0v) is 10.3. The fourth-order valence-electron chi connectivity index (χ4n) is 1.90. The lowest BCUT2D eigenvalue weighted by molar-refractivity contribution is 0.706. The fraction of sp³-hybridized carbons (Fsp3) is 0.0833. The van der Waals surface area contributed by atoms with Gasteiger partial charge in [-0.3, -0.25) is 24.4 Å². The summed E-state index contributed by atoms with van der Waals surface area (Å²) in [6.07, 6.45) is 3.32. The number of aromatic amines is 1. The summed E-state index contributed by atoms with van der Waals surface area (Å²) < 4.78 is 1.69. The second-order valence-electron chi connectivity index (χ2n) is 3.89. The monoisotopic (exact) mass is 259 g/mol. The molecule has 90 valence electrons. The molecular weight excluding hydrogens is 250 g/mol. The number of aromatic nitrogens is 3. The summed E-state index contributed by atoms with van der Waals surface area (Å²) in [7, 11) is 1.54. The lowest BCUT2D eigenvalue weighted by Gasteiger charge is -2.00. The highest BCUT2D eigenvalue weighted by atomic mass is 32.1. The minimum absolute atomic E-state index is 0.185. The van der Waals surface area contributed by atoms with Crippen LogP contribution in [0.4, 0.5) is 0 Å². The molecule has 3 heterocycles. The highest BCUT2D eigenvalue weighted by molar-refractivity contribution is 7.17. The number of rotatable bonds is 1. The van der Waals surface area contributed by atoms with Crippen molar-refractivity contribution in [3.8, 4) is 11.1 Å². The Balaban J connectivity index is 2.45. The van der Waals surface area contributed by atoms with Gasteiger partial charge in [0.2, 0.25) is 0 Å². The molecule has 3 rings (SSSR count). The number of hydrogen-bond donors (Lipinski definition) is 1. The quantitative estimate of drug-likeness (QED) is 0.717. The smallest absolute Gasteiger partial charge is 0.267 e. The molecule has 0 unspecified atom stereocenters. The molecule has 1 N–H and O–H groups in total. The molecule has 18 heavy (non-hydrogen) atoms. The van der Waals surface area contributed by atoms with Crippen molar-refractivity contribution in [1.82, 2.24) is 14.8 Å². The van der Waals surface area contributed by atoms with E-state index in [0.717, 1.165) is 11.1 Å². The Kier molecular flexibility index (Phi) is 2.38. The number of pyridine rings is 1. The molecule has 3 aromatic rings. The molecule has 6 heteroatoms. The topological polar surface area (TPSA) is 67.8 Å². The molecule has 0 aliphatic heterocycles. The average molecular weight is 259 g/mol. The second kappa shape index (κ2) is 3.92. The summed E-state index contributed by atoms with van der Waals surface area (Å²) in [5, 5.41) is 4.80. The summed E-state index contributed by atoms with van der Waals surface area (Å²) in [6.45, 7) is 0. The van der Waals surface area contributed by atoms with Gasteiger partial charge in [-0.2, -0.15) is 0 Å². The number of thiophene rings is 1. The highest BCUT2D eigenvalue weighted by Gasteiger charge is 2.13. The average Bonchev–Trinajstić information content (AvgIpc) is 2.82. The zero-order valence-electron chi connectivity index (χ0n) is 9.51. The van der Waals surface area contributed by atoms with E-state index in [1.54, 1.807) is 12.4 Å². The predicted molar refractivity (Wildman–Crippen MR) is 70.9 cm³/mol. The number of nitrogens with zero attached hydrogens (tertiary/aromatic N) is 2. The standard InChI is InChI=1S/C12H9N3O2S/c1-15-12(17)10-9(11(16)14-15)8(6-18-10)7-2-4-13-5-3-7/h2-6H,1H3,(H,14,16). The zero-order chi connectivity index (χ0) is 12.7. The maximum absolute atomic E-state index is 12.0. The Morgan fingerprint density at radius 3 is 2.72 bits per heavy atom. The number of fused-ring (bicyclic) bond motifs is 1. The Morgan fingerprint density at radius 1 is 1.28 bits per heavy atom. The van der Waals surface area contributed by atoms with Gasteiger partial charge in [0.15, 0.2) is 0 Å². The molecule has 0 spiro atoms. The normalized spacial score (nSPS) is 10.9. The Morgan fingerprint density at radius 2 is 2.00 bits per heavy atom. The lowest BCUT2D eigenvalue weighted by Crippen LogP contribution is -2.26. The fourth-order valence-corrected chi connectivity index (χ4v) is 2.94. The SMILES string of the molecule is Cn1[nH]c(=O)c2c(-c3ccncc3)csc2c1=O. The maximum Gasteiger partial charge on any atom is 0.282 e. The van der Waals surface area contributed by atoms with Crippen molar-refractivity contribution < 1.29 is 0 Å². The van der Waals surface area contributed by atoms with Crippen LogP contribution in [0.25, 0.3) is 21.2 Å². The van der Waals surface area contributed by atoms with E-state index in [9.17, 15) is 9.59 Å². The van der Waals surface area contributed by atoms with Crippen LogP contribution in [0.2, 0.25) is 0 Å². The first-order valence-corrected chi connectivity index (χ1v) is 6.17. The molecule has 0 saturated carbocycles. The molecular formula is C12H9N3O2S. The van der Waals surface area contributed by atoms with Crippen molar-refractivity contribution in [2.45, 2.75) is 0 Å². The van der Waals surface area contributed by atoms with Crippen molar-refractivity contribution >= 4 is 21.4 Å². The van der Waals surface area contributed by atoms with Crippen LogP contribution in [-0.4, -0.2) is 14.8 Å². The van der Waals surface area contributed by atoms with Crippen LogP contribution in [0.5, 0.6) is 0 Å². The van der Waals surface area contributed by atoms with Crippen LogP contribution in [0.1, 0.15) is 0 Å². The van der Waals surface area contributed by atoms with Crippen LogP contribution >= 0.6 is 11.3 Å². The second-order valence-corrected chi connectivity index (χ2v) is 4.77. The van der Waals surface area contributed by atoms with E-state index in [2.05, 4.69) is 10.1 Å². The van der Waals surface area contributed by atoms with Gasteiger partial charge in [-0.1, -0.05) is 0 Å². The molecule has 0 aromatic carbocycles. The Hall–Kier alpha value is -2.21. The van der Waals surface area contributed by atoms with E-state index in [-0.39, 0.29) is 11.1 Å². The summed E-state index contributed by atoms with van der Waals surface area (Å²) >= 11 is 1.29. The van der Waals surface area contributed by atoms with Crippen LogP contribution < -0.4 is 11.1 Å². The van der Waals surface area contributed by atoms with Gasteiger partial charge in [0.1, 0.15) is 4.70 Å². The highest BCUT2D eigenvalue weighted by Crippen LogP contribution is 2.29. The first kappa shape index (κ1) is 10.9. The van der Waals surface area contributed by atoms with Crippen molar-refractivity contribution in [2.24, 2.45) is 7.05 Å². The van der Waals surface area contributed by atoms with E-state index < -0.39 is 0 Å². The van der Waals surface area contributed by atoms with E-state index in [1.807, 2.05) is 17.5 Å². The number of H-pyrrole nitrogens is 1. The molecule has 0 atom stereocenters. The van der Waals surface area contributed by atoms with Crippen molar-refractivity contribution in [3.63, 3.8) is 0 Å². The lowest BCUT2D eigenvalue weighted by atomic mass is 10.1. The van der Waals surface area contributed by atoms with Gasteiger partial charge >= 0.3 is 0 Å². The van der Waals surface area contributed by atoms with Crippen LogP contribution in [-0.2, 0) is 7.05 Å². The first-order chi connectivity index (χ1) is 8.68. The van der Waals surface area contributed by atoms with Crippen molar-refractivity contribution in [2.75, 3.05) is 0 Å². The largest absolute Gasteiger partial charge is 0.282 e. The molecule has 5 nitrogen and oxygen atoms in total. The number of aryl methyl sites for hydroxylation is 1. The van der Waals surface area contributed by atoms with Gasteiger partial charge < -0.3 is 0 Å². The van der Waals surface area contributed by atoms with Gasteiger partial charge in [0.05, 0.1) is 5.39 Å². The first-order valence-electron chi connectivity index (χ1n) is 5.29. The number of hydrogen-bond acceptors (Lipinski definition) is 4. The minimum atomic E-state index is -0.250. The third kappa shape index (κ3) is 1.50. The van der Waals surface area contributed by atoms with Crippen LogP contribution in [0, 0.1) is 0 Å². The van der Waals surface area contributed by atoms with Crippen molar-refractivity contribution in [3.05, 3.63) is 50.6 Å². The van der Waals surface area contributed by atoms with Gasteiger partial charge in [-0.15, -0.1) is 11.3 Å². The van der Waals surface area contributed by atoms with E-state index >= 15 is 0 Å². The van der Waals surface area contributed by atoms with Gasteiger partial charge in [-0.25, -0.2) is 0 Å². The van der Waals surface area contributed by atoms with Crippen LogP contribution in [0.3, 0.4) is 0 Å². The van der Waals surface area contributed by atoms with E-state index in [0.29, 0.717) is 10.1 Å². The van der Waals surface area contributed by atoms with Gasteiger partial charge in [0.25, 0.3) is 11.1 Å².